The van der Waals surface area contributed by atoms with E-state index in [1.54, 1.807) is 44.6 Å². The van der Waals surface area contributed by atoms with Crippen molar-refractivity contribution in [3.63, 3.8) is 0 Å². The van der Waals surface area contributed by atoms with Crippen LogP contribution in [0, 0.1) is 0 Å². The Morgan fingerprint density at radius 3 is 2.47 bits per heavy atom. The Bertz CT molecular complexity index is 1340. The van der Waals surface area contributed by atoms with Crippen molar-refractivity contribution >= 4 is 11.0 Å². The number of ether oxygens (including phenoxy) is 5. The second-order valence-corrected chi connectivity index (χ2v) is 7.18. The molecule has 1 aliphatic heterocycles. The van der Waals surface area contributed by atoms with Crippen molar-refractivity contribution in [3.8, 4) is 39.9 Å². The van der Waals surface area contributed by atoms with E-state index in [4.69, 9.17) is 28.1 Å². The maximum absolute atomic E-state index is 13.3. The van der Waals surface area contributed by atoms with Crippen molar-refractivity contribution in [1.82, 2.24) is 0 Å². The van der Waals surface area contributed by atoms with Gasteiger partial charge in [-0.15, -0.1) is 0 Å². The molecule has 0 N–H and O–H groups in total. The topological polar surface area (TPSA) is 76.4 Å². The van der Waals surface area contributed by atoms with Gasteiger partial charge >= 0.3 is 0 Å². The first-order chi connectivity index (χ1) is 15.7. The Kier molecular flexibility index (Phi) is 5.07. The van der Waals surface area contributed by atoms with Crippen LogP contribution in [0.1, 0.15) is 5.56 Å². The van der Waals surface area contributed by atoms with Crippen molar-refractivity contribution in [3.05, 3.63) is 76.6 Å². The molecule has 162 valence electrons. The quantitative estimate of drug-likeness (QED) is 0.434. The largest absolute Gasteiger partial charge is 0.497 e. The standard InChI is InChI=1S/C25H20O7/c1-27-17-6-3-15(4-7-17)12-29-24-10-18-21(11-22(24)28-2)30-13-19(25(18)26)16-5-8-20-23(9-16)32-14-31-20/h3-11,13H,12,14H2,1-2H3. The highest BCUT2D eigenvalue weighted by atomic mass is 16.7. The van der Waals surface area contributed by atoms with Crippen molar-refractivity contribution < 1.29 is 28.1 Å². The Morgan fingerprint density at radius 2 is 1.69 bits per heavy atom. The maximum atomic E-state index is 13.3. The number of hydrogen-bond donors (Lipinski definition) is 0. The summed E-state index contributed by atoms with van der Waals surface area (Å²) in [5, 5.41) is 0.394. The SMILES string of the molecule is COc1ccc(COc2cc3c(=O)c(-c4ccc5c(c4)OCO5)coc3cc2OC)cc1. The zero-order chi connectivity index (χ0) is 22.1. The summed E-state index contributed by atoms with van der Waals surface area (Å²) in [6.07, 6.45) is 1.44. The summed E-state index contributed by atoms with van der Waals surface area (Å²) in [5.74, 6) is 2.94. The molecular weight excluding hydrogens is 412 g/mol. The van der Waals surface area contributed by atoms with E-state index < -0.39 is 0 Å². The molecule has 0 unspecified atom stereocenters. The summed E-state index contributed by atoms with van der Waals surface area (Å²) >= 11 is 0. The molecule has 5 rings (SSSR count). The first-order valence-corrected chi connectivity index (χ1v) is 9.95. The van der Waals surface area contributed by atoms with Gasteiger partial charge in [-0.2, -0.15) is 0 Å². The number of benzene rings is 3. The average Bonchev–Trinajstić information content (AvgIpc) is 3.31. The van der Waals surface area contributed by atoms with E-state index in [-0.39, 0.29) is 12.2 Å². The molecule has 0 amide bonds. The van der Waals surface area contributed by atoms with Gasteiger partial charge in [-0.3, -0.25) is 4.79 Å². The predicted molar refractivity (Wildman–Crippen MR) is 118 cm³/mol. The fraction of sp³-hybridized carbons (Fsp3) is 0.160. The molecule has 0 bridgehead atoms. The molecule has 0 radical (unpaired) electrons. The average molecular weight is 432 g/mol. The number of hydrogen-bond acceptors (Lipinski definition) is 7. The highest BCUT2D eigenvalue weighted by molar-refractivity contribution is 5.85. The van der Waals surface area contributed by atoms with Crippen molar-refractivity contribution in [2.24, 2.45) is 0 Å². The van der Waals surface area contributed by atoms with E-state index in [1.807, 2.05) is 24.3 Å². The Labute approximate surface area is 183 Å². The van der Waals surface area contributed by atoms with Crippen LogP contribution in [0.15, 0.2) is 70.1 Å². The molecule has 7 heteroatoms. The summed E-state index contributed by atoms with van der Waals surface area (Å²) in [6.45, 7) is 0.471. The highest BCUT2D eigenvalue weighted by Crippen LogP contribution is 2.37. The summed E-state index contributed by atoms with van der Waals surface area (Å²) in [6, 6.07) is 16.2. The van der Waals surface area contributed by atoms with E-state index in [2.05, 4.69) is 0 Å². The fourth-order valence-electron chi connectivity index (χ4n) is 3.56. The van der Waals surface area contributed by atoms with Crippen molar-refractivity contribution in [2.75, 3.05) is 21.0 Å². The van der Waals surface area contributed by atoms with E-state index in [9.17, 15) is 4.79 Å². The molecule has 0 fully saturated rings. The molecule has 2 heterocycles. The van der Waals surface area contributed by atoms with Gasteiger partial charge in [-0.1, -0.05) is 18.2 Å². The molecule has 0 saturated heterocycles. The minimum atomic E-state index is -0.179. The maximum Gasteiger partial charge on any atom is 0.231 e. The van der Waals surface area contributed by atoms with Crippen molar-refractivity contribution in [2.45, 2.75) is 6.61 Å². The lowest BCUT2D eigenvalue weighted by Gasteiger charge is -2.12. The number of rotatable bonds is 6. The zero-order valence-corrected chi connectivity index (χ0v) is 17.5. The molecule has 32 heavy (non-hydrogen) atoms. The van der Waals surface area contributed by atoms with Gasteiger partial charge in [0, 0.05) is 6.07 Å². The Morgan fingerprint density at radius 1 is 0.875 bits per heavy atom. The molecule has 3 aromatic carbocycles. The lowest BCUT2D eigenvalue weighted by Crippen LogP contribution is -2.06. The predicted octanol–water partition coefficient (Wildman–Crippen LogP) is 4.78. The van der Waals surface area contributed by atoms with Gasteiger partial charge < -0.3 is 28.1 Å². The van der Waals surface area contributed by atoms with Crippen LogP contribution in [-0.2, 0) is 6.61 Å². The molecule has 0 aliphatic carbocycles. The first-order valence-electron chi connectivity index (χ1n) is 9.95. The van der Waals surface area contributed by atoms with Crippen molar-refractivity contribution in [1.29, 1.82) is 0 Å². The normalized spacial score (nSPS) is 12.1. The Balaban J connectivity index is 1.50. The molecule has 7 nitrogen and oxygen atoms in total. The lowest BCUT2D eigenvalue weighted by molar-refractivity contribution is 0.174. The van der Waals surface area contributed by atoms with Gasteiger partial charge in [0.05, 0.1) is 25.2 Å². The van der Waals surface area contributed by atoms with Gasteiger partial charge in [0.2, 0.25) is 12.2 Å². The summed E-state index contributed by atoms with van der Waals surface area (Å²) in [4.78, 5) is 13.3. The van der Waals surface area contributed by atoms with E-state index >= 15 is 0 Å². The van der Waals surface area contributed by atoms with Gasteiger partial charge in [-0.05, 0) is 41.5 Å². The van der Waals surface area contributed by atoms with E-state index in [0.717, 1.165) is 11.3 Å². The molecule has 0 saturated carbocycles. The third kappa shape index (κ3) is 3.58. The van der Waals surface area contributed by atoms with Crippen LogP contribution in [0.2, 0.25) is 0 Å². The first kappa shape index (κ1) is 19.8. The third-order valence-electron chi connectivity index (χ3n) is 5.30. The van der Waals surface area contributed by atoms with Crippen LogP contribution in [0.4, 0.5) is 0 Å². The van der Waals surface area contributed by atoms with Crippen LogP contribution in [0.5, 0.6) is 28.7 Å². The summed E-state index contributed by atoms with van der Waals surface area (Å²) in [7, 11) is 3.16. The molecule has 1 aliphatic rings. The third-order valence-corrected chi connectivity index (χ3v) is 5.30. The highest BCUT2D eigenvalue weighted by Gasteiger charge is 2.18. The molecule has 0 spiro atoms. The number of methoxy groups -OCH3 is 2. The minimum absolute atomic E-state index is 0.166. The van der Waals surface area contributed by atoms with Gasteiger partial charge in [0.1, 0.15) is 24.2 Å². The Hall–Kier alpha value is -4.13. The minimum Gasteiger partial charge on any atom is -0.497 e. The van der Waals surface area contributed by atoms with Crippen LogP contribution in [0.3, 0.4) is 0 Å². The van der Waals surface area contributed by atoms with Gasteiger partial charge in [0.15, 0.2) is 23.0 Å². The molecule has 0 atom stereocenters. The summed E-state index contributed by atoms with van der Waals surface area (Å²) in [5.41, 5.74) is 2.28. The van der Waals surface area contributed by atoms with Gasteiger partial charge in [-0.25, -0.2) is 0 Å². The fourth-order valence-corrected chi connectivity index (χ4v) is 3.56. The van der Waals surface area contributed by atoms with Gasteiger partial charge in [0.25, 0.3) is 0 Å². The lowest BCUT2D eigenvalue weighted by atomic mass is 10.0. The van der Waals surface area contributed by atoms with E-state index in [1.165, 1.54) is 6.26 Å². The molecule has 1 aromatic heterocycles. The number of fused-ring (bicyclic) bond motifs is 2. The summed E-state index contributed by atoms with van der Waals surface area (Å²) < 4.78 is 33.1. The van der Waals surface area contributed by atoms with Crippen LogP contribution >= 0.6 is 0 Å². The zero-order valence-electron chi connectivity index (χ0n) is 17.5. The molecule has 4 aromatic rings. The second-order valence-electron chi connectivity index (χ2n) is 7.18. The molecular formula is C25H20O7. The smallest absolute Gasteiger partial charge is 0.231 e. The van der Waals surface area contributed by atoms with Crippen LogP contribution in [0.25, 0.3) is 22.1 Å². The monoisotopic (exact) mass is 432 g/mol. The van der Waals surface area contributed by atoms with Crippen LogP contribution in [-0.4, -0.2) is 21.0 Å². The second kappa shape index (κ2) is 8.19. The van der Waals surface area contributed by atoms with E-state index in [0.29, 0.717) is 51.7 Å². The van der Waals surface area contributed by atoms with Crippen LogP contribution < -0.4 is 29.1 Å².